The second kappa shape index (κ2) is 8.45. The van der Waals surface area contributed by atoms with E-state index in [9.17, 15) is 9.59 Å². The van der Waals surface area contributed by atoms with Gasteiger partial charge in [-0.1, -0.05) is 35.9 Å². The number of benzene rings is 1. The van der Waals surface area contributed by atoms with Gasteiger partial charge in [0.25, 0.3) is 5.91 Å². The summed E-state index contributed by atoms with van der Waals surface area (Å²) in [5.74, 6) is 0.745. The number of nitrogens with zero attached hydrogens (tertiary/aromatic N) is 2. The lowest BCUT2D eigenvalue weighted by Crippen LogP contribution is -2.51. The van der Waals surface area contributed by atoms with Gasteiger partial charge in [0.05, 0.1) is 17.5 Å². The molecule has 5 nitrogen and oxygen atoms in total. The first-order chi connectivity index (χ1) is 13.6. The van der Waals surface area contributed by atoms with Crippen molar-refractivity contribution >= 4 is 23.2 Å². The molecular weight excluding hydrogens is 370 g/mol. The molecular formula is C22H27N3O2S. The van der Waals surface area contributed by atoms with Crippen LogP contribution in [0.2, 0.25) is 0 Å². The van der Waals surface area contributed by atoms with Crippen molar-refractivity contribution in [2.24, 2.45) is 5.92 Å². The Morgan fingerprint density at radius 2 is 1.82 bits per heavy atom. The molecule has 148 valence electrons. The fraction of sp³-hybridized carbons (Fsp3) is 0.455. The largest absolute Gasteiger partial charge is 0.348 e. The van der Waals surface area contributed by atoms with Crippen LogP contribution in [0.25, 0.3) is 0 Å². The number of thiophene rings is 1. The van der Waals surface area contributed by atoms with Crippen molar-refractivity contribution in [1.29, 1.82) is 0 Å². The van der Waals surface area contributed by atoms with Crippen molar-refractivity contribution in [1.82, 2.24) is 15.1 Å². The Bertz CT molecular complexity index is 807. The molecule has 0 spiro atoms. The van der Waals surface area contributed by atoms with E-state index < -0.39 is 0 Å². The molecule has 2 amide bonds. The number of nitrogens with one attached hydrogen (secondary N) is 1. The van der Waals surface area contributed by atoms with E-state index in [4.69, 9.17) is 0 Å². The van der Waals surface area contributed by atoms with Gasteiger partial charge in [-0.05, 0) is 42.7 Å². The molecule has 6 heteroatoms. The summed E-state index contributed by atoms with van der Waals surface area (Å²) in [6, 6.07) is 12.4. The van der Waals surface area contributed by atoms with E-state index in [0.29, 0.717) is 25.6 Å². The Morgan fingerprint density at radius 1 is 1.11 bits per heavy atom. The maximum absolute atomic E-state index is 12.7. The first-order valence-electron chi connectivity index (χ1n) is 10.0. The van der Waals surface area contributed by atoms with E-state index in [-0.39, 0.29) is 17.9 Å². The Labute approximate surface area is 170 Å². The number of carbonyl (C=O) groups is 2. The van der Waals surface area contributed by atoms with Gasteiger partial charge in [0.15, 0.2) is 0 Å². The van der Waals surface area contributed by atoms with Crippen LogP contribution >= 0.6 is 11.3 Å². The van der Waals surface area contributed by atoms with Crippen molar-refractivity contribution in [2.75, 3.05) is 32.7 Å². The Kier molecular flexibility index (Phi) is 5.78. The van der Waals surface area contributed by atoms with Crippen LogP contribution in [-0.2, 0) is 4.79 Å². The SMILES string of the molecule is Cc1ccc(C(NC(=O)CN2CCN(C(=O)c3cccs3)CC2)C2CC2)cc1. The summed E-state index contributed by atoms with van der Waals surface area (Å²) < 4.78 is 0. The smallest absolute Gasteiger partial charge is 0.264 e. The minimum atomic E-state index is 0.0792. The highest BCUT2D eigenvalue weighted by molar-refractivity contribution is 7.12. The van der Waals surface area contributed by atoms with Crippen molar-refractivity contribution in [3.05, 3.63) is 57.8 Å². The molecule has 1 aliphatic carbocycles. The van der Waals surface area contributed by atoms with Gasteiger partial charge in [0, 0.05) is 26.2 Å². The summed E-state index contributed by atoms with van der Waals surface area (Å²) in [6.07, 6.45) is 2.37. The highest BCUT2D eigenvalue weighted by atomic mass is 32.1. The van der Waals surface area contributed by atoms with Gasteiger partial charge in [-0.25, -0.2) is 0 Å². The minimum absolute atomic E-state index is 0.0792. The molecule has 2 aromatic rings. The first-order valence-corrected chi connectivity index (χ1v) is 10.9. The minimum Gasteiger partial charge on any atom is -0.348 e. The quantitative estimate of drug-likeness (QED) is 0.815. The molecule has 2 aliphatic rings. The van der Waals surface area contributed by atoms with Crippen LogP contribution in [0.4, 0.5) is 0 Å². The molecule has 1 aromatic heterocycles. The van der Waals surface area contributed by atoms with Gasteiger partial charge >= 0.3 is 0 Å². The fourth-order valence-electron chi connectivity index (χ4n) is 3.76. The van der Waals surface area contributed by atoms with Crippen LogP contribution in [0, 0.1) is 12.8 Å². The summed E-state index contributed by atoms with van der Waals surface area (Å²) >= 11 is 1.48. The molecule has 4 rings (SSSR count). The number of aryl methyl sites for hydroxylation is 1. The second-order valence-corrected chi connectivity index (χ2v) is 8.79. The molecule has 28 heavy (non-hydrogen) atoms. The molecule has 1 aliphatic heterocycles. The topological polar surface area (TPSA) is 52.7 Å². The number of carbonyl (C=O) groups excluding carboxylic acids is 2. The number of piperazine rings is 1. The second-order valence-electron chi connectivity index (χ2n) is 7.84. The summed E-state index contributed by atoms with van der Waals surface area (Å²) in [7, 11) is 0. The average molecular weight is 398 g/mol. The fourth-order valence-corrected chi connectivity index (χ4v) is 4.45. The van der Waals surface area contributed by atoms with Crippen LogP contribution in [0.1, 0.15) is 39.7 Å². The zero-order valence-electron chi connectivity index (χ0n) is 16.3. The van der Waals surface area contributed by atoms with Gasteiger partial charge in [0.2, 0.25) is 5.91 Å². The third-order valence-electron chi connectivity index (χ3n) is 5.61. The third kappa shape index (κ3) is 4.62. The predicted molar refractivity (Wildman–Crippen MR) is 111 cm³/mol. The lowest BCUT2D eigenvalue weighted by atomic mass is 10.0. The van der Waals surface area contributed by atoms with Crippen molar-refractivity contribution < 1.29 is 9.59 Å². The van der Waals surface area contributed by atoms with Crippen molar-refractivity contribution in [3.63, 3.8) is 0 Å². The number of hydrogen-bond acceptors (Lipinski definition) is 4. The van der Waals surface area contributed by atoms with E-state index >= 15 is 0 Å². The summed E-state index contributed by atoms with van der Waals surface area (Å²) in [5.41, 5.74) is 2.44. The highest BCUT2D eigenvalue weighted by Gasteiger charge is 2.34. The molecule has 1 saturated heterocycles. The maximum Gasteiger partial charge on any atom is 0.264 e. The Hall–Kier alpha value is -2.18. The standard InChI is InChI=1S/C22H27N3O2S/c1-16-4-6-17(7-5-16)21(18-8-9-18)23-20(26)15-24-10-12-25(13-11-24)22(27)19-3-2-14-28-19/h2-7,14,18,21H,8-13,15H2,1H3,(H,23,26). The van der Waals surface area contributed by atoms with Crippen molar-refractivity contribution in [3.8, 4) is 0 Å². The van der Waals surface area contributed by atoms with E-state index in [1.807, 2.05) is 22.4 Å². The van der Waals surface area contributed by atoms with E-state index in [1.165, 1.54) is 35.3 Å². The van der Waals surface area contributed by atoms with Crippen LogP contribution < -0.4 is 5.32 Å². The van der Waals surface area contributed by atoms with Gasteiger partial charge in [-0.2, -0.15) is 0 Å². The zero-order valence-corrected chi connectivity index (χ0v) is 17.1. The normalized spacial score (nSPS) is 18.7. The van der Waals surface area contributed by atoms with Crippen LogP contribution in [0.15, 0.2) is 41.8 Å². The van der Waals surface area contributed by atoms with Gasteiger partial charge in [-0.3, -0.25) is 14.5 Å². The van der Waals surface area contributed by atoms with E-state index in [2.05, 4.69) is 41.4 Å². The monoisotopic (exact) mass is 397 g/mol. The van der Waals surface area contributed by atoms with Crippen LogP contribution in [0.5, 0.6) is 0 Å². The average Bonchev–Trinajstić information content (AvgIpc) is 3.40. The Balaban J connectivity index is 1.28. The van der Waals surface area contributed by atoms with Crippen LogP contribution in [0.3, 0.4) is 0 Å². The molecule has 2 fully saturated rings. The summed E-state index contributed by atoms with van der Waals surface area (Å²) in [5, 5.41) is 5.19. The lowest BCUT2D eigenvalue weighted by Gasteiger charge is -2.34. The lowest BCUT2D eigenvalue weighted by molar-refractivity contribution is -0.123. The van der Waals surface area contributed by atoms with E-state index in [0.717, 1.165) is 18.0 Å². The molecule has 0 radical (unpaired) electrons. The van der Waals surface area contributed by atoms with Gasteiger partial charge in [-0.15, -0.1) is 11.3 Å². The Morgan fingerprint density at radius 3 is 2.43 bits per heavy atom. The molecule has 2 heterocycles. The zero-order chi connectivity index (χ0) is 19.5. The van der Waals surface area contributed by atoms with Crippen LogP contribution in [-0.4, -0.2) is 54.3 Å². The molecule has 0 bridgehead atoms. The molecule has 1 unspecified atom stereocenters. The molecule has 1 saturated carbocycles. The molecule has 1 atom stereocenters. The summed E-state index contributed by atoms with van der Waals surface area (Å²) in [4.78, 5) is 29.9. The van der Waals surface area contributed by atoms with Crippen molar-refractivity contribution in [2.45, 2.75) is 25.8 Å². The maximum atomic E-state index is 12.7. The molecule has 1 aromatic carbocycles. The van der Waals surface area contributed by atoms with E-state index in [1.54, 1.807) is 0 Å². The number of rotatable bonds is 6. The predicted octanol–water partition coefficient (Wildman–Crippen LogP) is 3.08. The van der Waals surface area contributed by atoms with Gasteiger partial charge in [0.1, 0.15) is 0 Å². The third-order valence-corrected chi connectivity index (χ3v) is 6.46. The highest BCUT2D eigenvalue weighted by Crippen LogP contribution is 2.41. The number of hydrogen-bond donors (Lipinski definition) is 1. The number of amides is 2. The summed E-state index contributed by atoms with van der Waals surface area (Å²) in [6.45, 7) is 5.31. The van der Waals surface area contributed by atoms with Gasteiger partial charge < -0.3 is 10.2 Å². The first kappa shape index (κ1) is 19.2. The molecule has 1 N–H and O–H groups in total.